The highest BCUT2D eigenvalue weighted by atomic mass is 35.5. The summed E-state index contributed by atoms with van der Waals surface area (Å²) in [5, 5.41) is 0.507. The average molecular weight is 440 g/mol. The molecule has 1 aromatic rings. The van der Waals surface area contributed by atoms with Gasteiger partial charge >= 0.3 is 0 Å². The summed E-state index contributed by atoms with van der Waals surface area (Å²) in [6.07, 6.45) is 6.69. The fourth-order valence-electron chi connectivity index (χ4n) is 4.95. The Balaban J connectivity index is 1.37. The molecule has 2 heterocycles. The largest absolute Gasteiger partial charge is 0.340 e. The van der Waals surface area contributed by atoms with Crippen molar-refractivity contribution >= 4 is 27.5 Å². The van der Waals surface area contributed by atoms with Gasteiger partial charge in [-0.1, -0.05) is 24.4 Å². The number of rotatable bonds is 4. The molecule has 6 nitrogen and oxygen atoms in total. The molecule has 3 fully saturated rings. The van der Waals surface area contributed by atoms with E-state index in [1.165, 1.54) is 42.1 Å². The van der Waals surface area contributed by atoms with Crippen molar-refractivity contribution in [3.8, 4) is 0 Å². The van der Waals surface area contributed by atoms with Crippen molar-refractivity contribution in [3.63, 3.8) is 0 Å². The van der Waals surface area contributed by atoms with Gasteiger partial charge in [-0.15, -0.1) is 0 Å². The number of nitrogens with zero attached hydrogens (tertiary/aromatic N) is 3. The van der Waals surface area contributed by atoms with Crippen molar-refractivity contribution in [1.82, 2.24) is 14.1 Å². The average Bonchev–Trinajstić information content (AvgIpc) is 3.29. The van der Waals surface area contributed by atoms with Crippen LogP contribution < -0.4 is 0 Å². The number of halogens is 1. The second-order valence-corrected chi connectivity index (χ2v) is 10.8. The molecule has 1 saturated carbocycles. The molecule has 8 heteroatoms. The van der Waals surface area contributed by atoms with E-state index >= 15 is 0 Å². The third-order valence-electron chi connectivity index (χ3n) is 6.65. The molecule has 160 valence electrons. The van der Waals surface area contributed by atoms with Gasteiger partial charge in [0, 0.05) is 50.3 Å². The van der Waals surface area contributed by atoms with Gasteiger partial charge in [-0.05, 0) is 49.9 Å². The third-order valence-corrected chi connectivity index (χ3v) is 8.78. The van der Waals surface area contributed by atoms with Gasteiger partial charge < -0.3 is 4.90 Å². The number of carbonyl (C=O) groups is 1. The zero-order chi connectivity index (χ0) is 20.4. The molecule has 0 aromatic heterocycles. The zero-order valence-electron chi connectivity index (χ0n) is 16.8. The van der Waals surface area contributed by atoms with Gasteiger partial charge in [0.1, 0.15) is 0 Å². The van der Waals surface area contributed by atoms with Crippen LogP contribution in [0.3, 0.4) is 0 Å². The van der Waals surface area contributed by atoms with Crippen LogP contribution in [0.2, 0.25) is 5.02 Å². The molecular formula is C21H30ClN3O3S. The number of carbonyl (C=O) groups excluding carboxylic acids is 1. The fraction of sp³-hybridized carbons (Fsp3) is 0.667. The Kier molecular flexibility index (Phi) is 6.49. The van der Waals surface area contributed by atoms with Crippen LogP contribution in [0.1, 0.15) is 38.5 Å². The molecule has 0 N–H and O–H groups in total. The van der Waals surface area contributed by atoms with Gasteiger partial charge in [-0.25, -0.2) is 8.42 Å². The molecule has 1 aromatic carbocycles. The van der Waals surface area contributed by atoms with Crippen molar-refractivity contribution in [2.75, 3.05) is 39.3 Å². The van der Waals surface area contributed by atoms with E-state index in [0.717, 1.165) is 32.6 Å². The summed E-state index contributed by atoms with van der Waals surface area (Å²) < 4.78 is 27.4. The molecule has 3 aliphatic rings. The number of hydrogen-bond acceptors (Lipinski definition) is 4. The molecule has 1 atom stereocenters. The van der Waals surface area contributed by atoms with Crippen LogP contribution in [-0.4, -0.2) is 73.7 Å². The van der Waals surface area contributed by atoms with E-state index in [1.54, 1.807) is 12.1 Å². The summed E-state index contributed by atoms with van der Waals surface area (Å²) in [6.45, 7) is 4.13. The minimum Gasteiger partial charge on any atom is -0.340 e. The highest BCUT2D eigenvalue weighted by Gasteiger charge is 2.36. The van der Waals surface area contributed by atoms with Gasteiger partial charge in [0.15, 0.2) is 0 Å². The Labute approximate surface area is 178 Å². The normalized spacial score (nSPS) is 25.4. The van der Waals surface area contributed by atoms with E-state index in [4.69, 9.17) is 11.6 Å². The van der Waals surface area contributed by atoms with E-state index in [1.807, 2.05) is 4.90 Å². The molecule has 4 rings (SSSR count). The SMILES string of the molecule is O=C(C1CCCN(S(=O)(=O)c2ccc(Cl)cc2)C1)N1CCN(C2CCCC2)CC1. The topological polar surface area (TPSA) is 60.9 Å². The number of benzene rings is 1. The first-order valence-electron chi connectivity index (χ1n) is 10.7. The maximum absolute atomic E-state index is 13.1. The minimum atomic E-state index is -3.60. The molecular weight excluding hydrogens is 410 g/mol. The van der Waals surface area contributed by atoms with Crippen LogP contribution in [0.4, 0.5) is 0 Å². The predicted octanol–water partition coefficient (Wildman–Crippen LogP) is 2.83. The number of piperazine rings is 1. The van der Waals surface area contributed by atoms with Crippen LogP contribution >= 0.6 is 11.6 Å². The summed E-state index contributed by atoms with van der Waals surface area (Å²) in [6, 6.07) is 6.94. The van der Waals surface area contributed by atoms with Crippen molar-refractivity contribution in [1.29, 1.82) is 0 Å². The Morgan fingerprint density at radius 1 is 0.897 bits per heavy atom. The predicted molar refractivity (Wildman–Crippen MR) is 113 cm³/mol. The van der Waals surface area contributed by atoms with Crippen LogP contribution in [0.25, 0.3) is 0 Å². The van der Waals surface area contributed by atoms with Gasteiger partial charge in [0.25, 0.3) is 0 Å². The highest BCUT2D eigenvalue weighted by molar-refractivity contribution is 7.89. The fourth-order valence-corrected chi connectivity index (χ4v) is 6.60. The molecule has 0 radical (unpaired) electrons. The monoisotopic (exact) mass is 439 g/mol. The van der Waals surface area contributed by atoms with Crippen LogP contribution in [0, 0.1) is 5.92 Å². The lowest BCUT2D eigenvalue weighted by atomic mass is 9.97. The van der Waals surface area contributed by atoms with Crippen LogP contribution in [0.5, 0.6) is 0 Å². The number of hydrogen-bond donors (Lipinski definition) is 0. The van der Waals surface area contributed by atoms with E-state index in [9.17, 15) is 13.2 Å². The molecule has 2 saturated heterocycles. The second kappa shape index (κ2) is 8.92. The lowest BCUT2D eigenvalue weighted by Gasteiger charge is -2.40. The molecule has 0 spiro atoms. The van der Waals surface area contributed by atoms with Gasteiger partial charge in [-0.2, -0.15) is 4.31 Å². The summed E-state index contributed by atoms with van der Waals surface area (Å²) in [5.41, 5.74) is 0. The van der Waals surface area contributed by atoms with Crippen molar-refractivity contribution in [2.45, 2.75) is 49.5 Å². The maximum atomic E-state index is 13.1. The molecule has 1 unspecified atom stereocenters. The van der Waals surface area contributed by atoms with Crippen molar-refractivity contribution in [2.24, 2.45) is 5.92 Å². The van der Waals surface area contributed by atoms with E-state index in [2.05, 4.69) is 4.90 Å². The maximum Gasteiger partial charge on any atom is 0.243 e. The first-order valence-corrected chi connectivity index (χ1v) is 12.6. The van der Waals surface area contributed by atoms with Gasteiger partial charge in [0.05, 0.1) is 10.8 Å². The zero-order valence-corrected chi connectivity index (χ0v) is 18.4. The molecule has 29 heavy (non-hydrogen) atoms. The lowest BCUT2D eigenvalue weighted by Crippen LogP contribution is -2.54. The minimum absolute atomic E-state index is 0.118. The summed E-state index contributed by atoms with van der Waals surface area (Å²) in [5.74, 6) is -0.129. The van der Waals surface area contributed by atoms with Crippen LogP contribution in [-0.2, 0) is 14.8 Å². The van der Waals surface area contributed by atoms with E-state index in [0.29, 0.717) is 24.0 Å². The van der Waals surface area contributed by atoms with Gasteiger partial charge in [0.2, 0.25) is 15.9 Å². The number of piperidine rings is 1. The highest BCUT2D eigenvalue weighted by Crippen LogP contribution is 2.27. The first kappa shape index (κ1) is 21.1. The summed E-state index contributed by atoms with van der Waals surface area (Å²) >= 11 is 5.89. The number of sulfonamides is 1. The van der Waals surface area contributed by atoms with Crippen molar-refractivity contribution in [3.05, 3.63) is 29.3 Å². The number of amides is 1. The lowest BCUT2D eigenvalue weighted by molar-refractivity contribution is -0.138. The van der Waals surface area contributed by atoms with E-state index < -0.39 is 10.0 Å². The van der Waals surface area contributed by atoms with Gasteiger partial charge in [-0.3, -0.25) is 9.69 Å². The quantitative estimate of drug-likeness (QED) is 0.723. The smallest absolute Gasteiger partial charge is 0.243 e. The Morgan fingerprint density at radius 2 is 1.55 bits per heavy atom. The van der Waals surface area contributed by atoms with Crippen molar-refractivity contribution < 1.29 is 13.2 Å². The second-order valence-electron chi connectivity index (χ2n) is 8.46. The Hall–Kier alpha value is -1.15. The molecule has 1 aliphatic carbocycles. The van der Waals surface area contributed by atoms with Crippen LogP contribution in [0.15, 0.2) is 29.2 Å². The molecule has 0 bridgehead atoms. The third kappa shape index (κ3) is 4.63. The Morgan fingerprint density at radius 3 is 2.21 bits per heavy atom. The first-order chi connectivity index (χ1) is 13.9. The standard InChI is InChI=1S/C21H30ClN3O3S/c22-18-7-9-20(10-8-18)29(27,28)25-11-3-4-17(16-25)21(26)24-14-12-23(13-15-24)19-5-1-2-6-19/h7-10,17,19H,1-6,11-16H2. The molecule has 2 aliphatic heterocycles. The summed E-state index contributed by atoms with van der Waals surface area (Å²) in [4.78, 5) is 17.8. The molecule has 1 amide bonds. The Bertz CT molecular complexity index is 816. The summed E-state index contributed by atoms with van der Waals surface area (Å²) in [7, 11) is -3.60. The van der Waals surface area contributed by atoms with E-state index in [-0.39, 0.29) is 23.3 Å².